The van der Waals surface area contributed by atoms with Crippen LogP contribution < -0.4 is 4.72 Å². The Kier molecular flexibility index (Phi) is 4.39. The van der Waals surface area contributed by atoms with Crippen molar-refractivity contribution in [3.05, 3.63) is 60.2 Å². The lowest BCUT2D eigenvalue weighted by Crippen LogP contribution is -2.16. The van der Waals surface area contributed by atoms with Gasteiger partial charge in [0, 0.05) is 17.3 Å². The number of sulfonamides is 1. The minimum absolute atomic E-state index is 0.00823. The van der Waals surface area contributed by atoms with Gasteiger partial charge >= 0.3 is 0 Å². The quantitative estimate of drug-likeness (QED) is 0.462. The Hall–Kier alpha value is -3.24. The Labute approximate surface area is 167 Å². The smallest absolute Gasteiger partial charge is 0.265 e. The Balaban J connectivity index is 1.68. The molecule has 3 aromatic heterocycles. The van der Waals surface area contributed by atoms with E-state index in [9.17, 15) is 13.5 Å². The summed E-state index contributed by atoms with van der Waals surface area (Å²) in [5.74, 6) is 0.402. The van der Waals surface area contributed by atoms with Gasteiger partial charge in [0.2, 0.25) is 0 Å². The van der Waals surface area contributed by atoms with Gasteiger partial charge in [-0.3, -0.25) is 9.82 Å². The zero-order chi connectivity index (χ0) is 20.8. The number of pyridine rings is 1. The van der Waals surface area contributed by atoms with Crippen LogP contribution in [-0.2, 0) is 15.6 Å². The number of benzene rings is 1. The molecule has 0 aliphatic carbocycles. The maximum atomic E-state index is 12.9. The molecule has 0 saturated heterocycles. The molecule has 0 aliphatic rings. The molecule has 3 heterocycles. The van der Waals surface area contributed by atoms with Crippen LogP contribution in [-0.4, -0.2) is 38.5 Å². The zero-order valence-corrected chi connectivity index (χ0v) is 16.9. The second-order valence-corrected chi connectivity index (χ2v) is 8.92. The van der Waals surface area contributed by atoms with Gasteiger partial charge in [0.1, 0.15) is 4.90 Å². The van der Waals surface area contributed by atoms with Crippen molar-refractivity contribution in [3.63, 3.8) is 0 Å². The molecule has 0 fully saturated rings. The number of fused-ring (bicyclic) bond motifs is 1. The summed E-state index contributed by atoms with van der Waals surface area (Å²) in [5, 5.41) is 22.0. The van der Waals surface area contributed by atoms with E-state index < -0.39 is 15.6 Å². The molecule has 9 nitrogen and oxygen atoms in total. The van der Waals surface area contributed by atoms with Crippen LogP contribution in [0.1, 0.15) is 25.1 Å². The lowest BCUT2D eigenvalue weighted by Gasteiger charge is -2.17. The Morgan fingerprint density at radius 1 is 1.24 bits per heavy atom. The molecule has 0 amide bonds. The molecule has 0 radical (unpaired) electrons. The number of hydrogen-bond acceptors (Lipinski definition) is 6. The van der Waals surface area contributed by atoms with E-state index in [4.69, 9.17) is 0 Å². The molecule has 0 atom stereocenters. The molecule has 0 aliphatic heterocycles. The van der Waals surface area contributed by atoms with Crippen molar-refractivity contribution >= 4 is 26.6 Å². The highest BCUT2D eigenvalue weighted by Gasteiger charge is 2.21. The number of aromatic amines is 1. The van der Waals surface area contributed by atoms with Crippen LogP contribution in [0.4, 0.5) is 5.69 Å². The number of anilines is 1. The van der Waals surface area contributed by atoms with Gasteiger partial charge < -0.3 is 5.11 Å². The number of nitrogens with one attached hydrogen (secondary N) is 2. The molecular weight excluding hydrogens is 392 g/mol. The van der Waals surface area contributed by atoms with Crippen LogP contribution in [0.15, 0.2) is 53.8 Å². The summed E-state index contributed by atoms with van der Waals surface area (Å²) < 4.78 is 29.7. The minimum Gasteiger partial charge on any atom is -0.386 e. The van der Waals surface area contributed by atoms with Gasteiger partial charge in [0.15, 0.2) is 5.82 Å². The molecule has 10 heteroatoms. The van der Waals surface area contributed by atoms with Crippen molar-refractivity contribution in [1.29, 1.82) is 0 Å². The summed E-state index contributed by atoms with van der Waals surface area (Å²) >= 11 is 0. The van der Waals surface area contributed by atoms with Crippen LogP contribution in [0.25, 0.3) is 16.7 Å². The fraction of sp³-hybridized carbons (Fsp3) is 0.211. The van der Waals surface area contributed by atoms with Crippen molar-refractivity contribution in [1.82, 2.24) is 25.0 Å². The van der Waals surface area contributed by atoms with Gasteiger partial charge in [-0.05, 0) is 50.6 Å². The van der Waals surface area contributed by atoms with Crippen LogP contribution in [0, 0.1) is 6.92 Å². The van der Waals surface area contributed by atoms with E-state index in [1.54, 1.807) is 50.4 Å². The van der Waals surface area contributed by atoms with E-state index in [0.29, 0.717) is 28.0 Å². The maximum Gasteiger partial charge on any atom is 0.265 e. The van der Waals surface area contributed by atoms with Crippen LogP contribution in [0.3, 0.4) is 0 Å². The fourth-order valence-electron chi connectivity index (χ4n) is 3.01. The van der Waals surface area contributed by atoms with Gasteiger partial charge in [0.05, 0.1) is 29.2 Å². The predicted molar refractivity (Wildman–Crippen MR) is 108 cm³/mol. The molecule has 0 bridgehead atoms. The third-order valence-electron chi connectivity index (χ3n) is 4.56. The topological polar surface area (TPSA) is 126 Å². The number of aromatic nitrogens is 5. The second-order valence-electron chi connectivity index (χ2n) is 7.24. The normalized spacial score (nSPS) is 12.4. The third-order valence-corrected chi connectivity index (χ3v) is 5.88. The monoisotopic (exact) mass is 412 g/mol. The van der Waals surface area contributed by atoms with E-state index in [2.05, 4.69) is 25.0 Å². The number of aliphatic hydroxyl groups is 1. The van der Waals surface area contributed by atoms with Gasteiger partial charge in [-0.15, -0.1) is 0 Å². The van der Waals surface area contributed by atoms with Crippen molar-refractivity contribution in [2.45, 2.75) is 31.3 Å². The lowest BCUT2D eigenvalue weighted by atomic mass is 10.00. The van der Waals surface area contributed by atoms with Crippen LogP contribution in [0.5, 0.6) is 0 Å². The second kappa shape index (κ2) is 6.68. The molecule has 3 N–H and O–H groups in total. The van der Waals surface area contributed by atoms with Crippen LogP contribution in [0.2, 0.25) is 0 Å². The van der Waals surface area contributed by atoms with Crippen molar-refractivity contribution in [2.24, 2.45) is 0 Å². The average molecular weight is 412 g/mol. The van der Waals surface area contributed by atoms with Gasteiger partial charge in [0.25, 0.3) is 10.0 Å². The first-order valence-corrected chi connectivity index (χ1v) is 10.3. The van der Waals surface area contributed by atoms with E-state index >= 15 is 0 Å². The minimum atomic E-state index is -3.88. The highest BCUT2D eigenvalue weighted by molar-refractivity contribution is 7.92. The zero-order valence-electron chi connectivity index (χ0n) is 16.1. The summed E-state index contributed by atoms with van der Waals surface area (Å²) in [6.07, 6.45) is 4.17. The Bertz CT molecular complexity index is 1300. The number of rotatable bonds is 5. The predicted octanol–water partition coefficient (Wildman–Crippen LogP) is 2.48. The highest BCUT2D eigenvalue weighted by atomic mass is 32.2. The molecule has 1 aromatic carbocycles. The SMILES string of the molecule is Cc1[nH]nc2cccc(NS(=O)(=O)c3cnn(-c4cc(C(C)(C)O)ccn4)c3)c12. The Morgan fingerprint density at radius 2 is 2.03 bits per heavy atom. The fourth-order valence-corrected chi connectivity index (χ4v) is 4.01. The van der Waals surface area contributed by atoms with Gasteiger partial charge in [-0.2, -0.15) is 10.2 Å². The largest absolute Gasteiger partial charge is 0.386 e. The first-order chi connectivity index (χ1) is 13.6. The number of hydrogen-bond donors (Lipinski definition) is 3. The molecule has 0 spiro atoms. The first-order valence-electron chi connectivity index (χ1n) is 8.85. The molecule has 0 unspecified atom stereocenters. The summed E-state index contributed by atoms with van der Waals surface area (Å²) in [7, 11) is -3.88. The van der Waals surface area contributed by atoms with Crippen molar-refractivity contribution < 1.29 is 13.5 Å². The van der Waals surface area contributed by atoms with Crippen LogP contribution >= 0.6 is 0 Å². The number of nitrogens with zero attached hydrogens (tertiary/aromatic N) is 4. The summed E-state index contributed by atoms with van der Waals surface area (Å²) in [5.41, 5.74) is 1.46. The van der Waals surface area contributed by atoms with E-state index in [-0.39, 0.29) is 4.90 Å². The lowest BCUT2D eigenvalue weighted by molar-refractivity contribution is 0.0785. The van der Waals surface area contributed by atoms with E-state index in [1.165, 1.54) is 17.1 Å². The van der Waals surface area contributed by atoms with Gasteiger partial charge in [-0.1, -0.05) is 6.07 Å². The molecule has 4 rings (SSSR count). The van der Waals surface area contributed by atoms with Crippen molar-refractivity contribution in [3.8, 4) is 5.82 Å². The molecule has 150 valence electrons. The molecule has 29 heavy (non-hydrogen) atoms. The highest BCUT2D eigenvalue weighted by Crippen LogP contribution is 2.27. The number of H-pyrrole nitrogens is 1. The average Bonchev–Trinajstić information content (AvgIpc) is 3.30. The third kappa shape index (κ3) is 3.59. The van der Waals surface area contributed by atoms with E-state index in [0.717, 1.165) is 5.69 Å². The Morgan fingerprint density at radius 3 is 2.79 bits per heavy atom. The summed E-state index contributed by atoms with van der Waals surface area (Å²) in [4.78, 5) is 4.20. The first kappa shape index (κ1) is 19.1. The molecule has 4 aromatic rings. The molecular formula is C19H20N6O3S. The standard InChI is InChI=1S/C19H20N6O3S/c1-12-18-15(23-22-12)5-4-6-16(18)24-29(27,28)14-10-21-25(11-14)17-9-13(7-8-20-17)19(2,3)26/h4-11,24,26H,1-3H3,(H,22,23). The maximum absolute atomic E-state index is 12.9. The number of aryl methyl sites for hydroxylation is 1. The van der Waals surface area contributed by atoms with E-state index in [1.807, 2.05) is 6.92 Å². The van der Waals surface area contributed by atoms with Gasteiger partial charge in [-0.25, -0.2) is 18.1 Å². The molecule has 0 saturated carbocycles. The van der Waals surface area contributed by atoms with Crippen molar-refractivity contribution in [2.75, 3.05) is 4.72 Å². The summed E-state index contributed by atoms with van der Waals surface area (Å²) in [6, 6.07) is 8.57. The summed E-state index contributed by atoms with van der Waals surface area (Å²) in [6.45, 7) is 5.15.